The van der Waals surface area contributed by atoms with Crippen LogP contribution in [0.25, 0.3) is 10.2 Å². The topological polar surface area (TPSA) is 84.8 Å². The van der Waals surface area contributed by atoms with Crippen LogP contribution in [0.4, 0.5) is 0 Å². The summed E-state index contributed by atoms with van der Waals surface area (Å²) in [6.45, 7) is 1.39. The molecule has 1 aromatic carbocycles. The quantitative estimate of drug-likeness (QED) is 0.466. The molecule has 0 amide bonds. The van der Waals surface area contributed by atoms with Crippen LogP contribution in [0.1, 0.15) is 28.1 Å². The molecule has 1 atom stereocenters. The number of nitrogens with one attached hydrogen (secondary N) is 2. The number of benzene rings is 1. The molecular formula is C23H25N5O2S. The number of H-pyrrole nitrogens is 1. The number of nitrogens with zero attached hydrogens (tertiary/aromatic N) is 3. The molecule has 2 N–H and O–H groups in total. The Labute approximate surface area is 184 Å². The second-order valence-electron chi connectivity index (χ2n) is 7.92. The van der Waals surface area contributed by atoms with Gasteiger partial charge in [-0.15, -0.1) is 11.3 Å². The first-order valence-corrected chi connectivity index (χ1v) is 11.4. The molecule has 160 valence electrons. The fraction of sp³-hybridized carbons (Fsp3) is 0.348. The van der Waals surface area contributed by atoms with Crippen LogP contribution in [0.2, 0.25) is 0 Å². The molecule has 31 heavy (non-hydrogen) atoms. The summed E-state index contributed by atoms with van der Waals surface area (Å²) < 4.78 is 7.01. The van der Waals surface area contributed by atoms with Crippen LogP contribution in [0, 0.1) is 0 Å². The molecule has 8 heteroatoms. The van der Waals surface area contributed by atoms with Gasteiger partial charge in [0.15, 0.2) is 0 Å². The number of aryl methyl sites for hydroxylation is 1. The fourth-order valence-corrected chi connectivity index (χ4v) is 5.55. The van der Waals surface area contributed by atoms with Crippen molar-refractivity contribution in [1.29, 1.82) is 0 Å². The highest BCUT2D eigenvalue weighted by Crippen LogP contribution is 2.33. The lowest BCUT2D eigenvalue weighted by Gasteiger charge is -2.23. The summed E-state index contributed by atoms with van der Waals surface area (Å²) in [6, 6.07) is 8.23. The molecule has 4 aromatic rings. The van der Waals surface area contributed by atoms with Gasteiger partial charge in [-0.25, -0.2) is 9.97 Å². The SMILES string of the molecule is COc1cccc(Cn2cnc3sc4c(c3c2=O)CCC(NCCc2c[nH]cn2)C4)c1. The van der Waals surface area contributed by atoms with Crippen LogP contribution >= 0.6 is 11.3 Å². The summed E-state index contributed by atoms with van der Waals surface area (Å²) in [5, 5.41) is 4.46. The number of hydrogen-bond acceptors (Lipinski definition) is 6. The summed E-state index contributed by atoms with van der Waals surface area (Å²) in [5.41, 5.74) is 3.35. The number of hydrogen-bond donors (Lipinski definition) is 2. The van der Waals surface area contributed by atoms with E-state index in [0.717, 1.165) is 59.5 Å². The zero-order valence-electron chi connectivity index (χ0n) is 17.4. The second-order valence-corrected chi connectivity index (χ2v) is 9.00. The van der Waals surface area contributed by atoms with Gasteiger partial charge in [-0.3, -0.25) is 9.36 Å². The van der Waals surface area contributed by atoms with E-state index < -0.39 is 0 Å². The van der Waals surface area contributed by atoms with Gasteiger partial charge in [-0.1, -0.05) is 12.1 Å². The van der Waals surface area contributed by atoms with E-state index in [9.17, 15) is 4.79 Å². The number of methoxy groups -OCH3 is 1. The molecule has 3 aromatic heterocycles. The molecule has 0 saturated carbocycles. The highest BCUT2D eigenvalue weighted by atomic mass is 32.1. The maximum atomic E-state index is 13.3. The van der Waals surface area contributed by atoms with Crippen molar-refractivity contribution in [1.82, 2.24) is 24.8 Å². The summed E-state index contributed by atoms with van der Waals surface area (Å²) in [4.78, 5) is 27.3. The van der Waals surface area contributed by atoms with Gasteiger partial charge >= 0.3 is 0 Å². The van der Waals surface area contributed by atoms with Gasteiger partial charge in [0, 0.05) is 30.1 Å². The molecule has 0 aliphatic heterocycles. The summed E-state index contributed by atoms with van der Waals surface area (Å²) in [6.07, 6.45) is 9.13. The van der Waals surface area contributed by atoms with E-state index in [2.05, 4.69) is 20.3 Å². The highest BCUT2D eigenvalue weighted by Gasteiger charge is 2.25. The minimum Gasteiger partial charge on any atom is -0.497 e. The number of fused-ring (bicyclic) bond motifs is 3. The molecular weight excluding hydrogens is 410 g/mol. The fourth-order valence-electron chi connectivity index (χ4n) is 4.29. The van der Waals surface area contributed by atoms with Gasteiger partial charge in [0.1, 0.15) is 10.6 Å². The molecule has 1 unspecified atom stereocenters. The lowest BCUT2D eigenvalue weighted by molar-refractivity contribution is 0.414. The maximum Gasteiger partial charge on any atom is 0.262 e. The van der Waals surface area contributed by atoms with Gasteiger partial charge in [0.25, 0.3) is 5.56 Å². The van der Waals surface area contributed by atoms with E-state index in [1.807, 2.05) is 30.5 Å². The number of thiophene rings is 1. The zero-order chi connectivity index (χ0) is 21.2. The zero-order valence-corrected chi connectivity index (χ0v) is 18.2. The Kier molecular flexibility index (Phi) is 5.57. The van der Waals surface area contributed by atoms with E-state index in [-0.39, 0.29) is 5.56 Å². The van der Waals surface area contributed by atoms with Crippen LogP contribution < -0.4 is 15.6 Å². The van der Waals surface area contributed by atoms with Crippen molar-refractivity contribution in [3.8, 4) is 5.75 Å². The first kappa shape index (κ1) is 20.0. The standard InChI is InChI=1S/C23H25N5O2S/c1-30-18-4-2-3-15(9-18)12-28-14-27-22-21(23(28)29)19-6-5-16(10-20(19)31-22)25-8-7-17-11-24-13-26-17/h2-4,9,11,13-14,16,25H,5-8,10,12H2,1H3,(H,24,26). The molecule has 0 fully saturated rings. The molecule has 0 bridgehead atoms. The van der Waals surface area contributed by atoms with E-state index >= 15 is 0 Å². The third-order valence-corrected chi connectivity index (χ3v) is 7.05. The Morgan fingerprint density at radius 2 is 2.29 bits per heavy atom. The molecule has 1 aliphatic rings. The van der Waals surface area contributed by atoms with E-state index in [1.54, 1.807) is 35.7 Å². The van der Waals surface area contributed by atoms with Crippen LogP contribution in [0.5, 0.6) is 5.75 Å². The summed E-state index contributed by atoms with van der Waals surface area (Å²) >= 11 is 1.67. The third-order valence-electron chi connectivity index (χ3n) is 5.89. The van der Waals surface area contributed by atoms with Crippen LogP contribution in [-0.4, -0.2) is 39.2 Å². The molecule has 0 saturated heterocycles. The number of rotatable bonds is 7. The average Bonchev–Trinajstić information content (AvgIpc) is 3.43. The lowest BCUT2D eigenvalue weighted by Crippen LogP contribution is -2.35. The highest BCUT2D eigenvalue weighted by molar-refractivity contribution is 7.18. The number of aromatic amines is 1. The van der Waals surface area contributed by atoms with Crippen molar-refractivity contribution in [2.45, 2.75) is 38.3 Å². The van der Waals surface area contributed by atoms with Gasteiger partial charge in [0.05, 0.1) is 37.4 Å². The van der Waals surface area contributed by atoms with Crippen LogP contribution in [0.3, 0.4) is 0 Å². The minimum atomic E-state index is 0.0512. The monoisotopic (exact) mass is 435 g/mol. The minimum absolute atomic E-state index is 0.0512. The number of imidazole rings is 1. The Morgan fingerprint density at radius 1 is 1.35 bits per heavy atom. The average molecular weight is 436 g/mol. The van der Waals surface area contributed by atoms with Crippen LogP contribution in [0.15, 0.2) is 47.9 Å². The summed E-state index contributed by atoms with van der Waals surface area (Å²) in [5.74, 6) is 0.790. The Balaban J connectivity index is 1.34. The van der Waals surface area contributed by atoms with Crippen LogP contribution in [-0.2, 0) is 25.8 Å². The van der Waals surface area contributed by atoms with E-state index in [1.165, 1.54) is 10.4 Å². The largest absolute Gasteiger partial charge is 0.497 e. The Hall–Kier alpha value is -2.97. The first-order chi connectivity index (χ1) is 15.2. The smallest absolute Gasteiger partial charge is 0.262 e. The van der Waals surface area contributed by atoms with Crippen molar-refractivity contribution in [2.75, 3.05) is 13.7 Å². The Morgan fingerprint density at radius 3 is 3.13 bits per heavy atom. The van der Waals surface area contributed by atoms with Crippen molar-refractivity contribution in [2.24, 2.45) is 0 Å². The van der Waals surface area contributed by atoms with E-state index in [0.29, 0.717) is 12.6 Å². The molecule has 3 heterocycles. The predicted molar refractivity (Wildman–Crippen MR) is 122 cm³/mol. The first-order valence-electron chi connectivity index (χ1n) is 10.5. The van der Waals surface area contributed by atoms with Crippen molar-refractivity contribution < 1.29 is 4.74 Å². The van der Waals surface area contributed by atoms with Gasteiger partial charge < -0.3 is 15.0 Å². The molecule has 5 rings (SSSR count). The predicted octanol–water partition coefficient (Wildman–Crippen LogP) is 2.93. The van der Waals surface area contributed by atoms with Crippen molar-refractivity contribution >= 4 is 21.6 Å². The van der Waals surface area contributed by atoms with Gasteiger partial charge in [0.2, 0.25) is 0 Å². The number of aromatic nitrogens is 4. The lowest BCUT2D eigenvalue weighted by atomic mass is 9.93. The molecule has 7 nitrogen and oxygen atoms in total. The van der Waals surface area contributed by atoms with Gasteiger partial charge in [-0.2, -0.15) is 0 Å². The second kappa shape index (κ2) is 8.64. The normalized spacial score (nSPS) is 15.8. The van der Waals surface area contributed by atoms with Crippen molar-refractivity contribution in [3.05, 3.63) is 75.2 Å². The molecule has 1 aliphatic carbocycles. The summed E-state index contributed by atoms with van der Waals surface area (Å²) in [7, 11) is 1.65. The Bertz CT molecular complexity index is 1240. The molecule has 0 spiro atoms. The maximum absolute atomic E-state index is 13.3. The number of ether oxygens (including phenoxy) is 1. The van der Waals surface area contributed by atoms with Gasteiger partial charge in [-0.05, 0) is 42.5 Å². The molecule has 0 radical (unpaired) electrons. The van der Waals surface area contributed by atoms with Crippen molar-refractivity contribution in [3.63, 3.8) is 0 Å². The third kappa shape index (κ3) is 4.13. The van der Waals surface area contributed by atoms with E-state index in [4.69, 9.17) is 4.74 Å².